The minimum atomic E-state index is -0.332. The Bertz CT molecular complexity index is 1420. The lowest BCUT2D eigenvalue weighted by atomic mass is 10.2. The molecule has 34 heavy (non-hydrogen) atoms. The van der Waals surface area contributed by atoms with Crippen LogP contribution in [0.25, 0.3) is 16.6 Å². The van der Waals surface area contributed by atoms with Crippen LogP contribution in [0.1, 0.15) is 0 Å². The van der Waals surface area contributed by atoms with E-state index in [1.807, 2.05) is 36.4 Å². The number of carbonyl (C=O) groups excluding carboxylic acids is 1. The van der Waals surface area contributed by atoms with Crippen LogP contribution in [0, 0.1) is 3.57 Å². The molecule has 0 aliphatic heterocycles. The summed E-state index contributed by atoms with van der Waals surface area (Å²) >= 11 is 14.5. The summed E-state index contributed by atoms with van der Waals surface area (Å²) in [6, 6.07) is 21.7. The smallest absolute Gasteiger partial charge is 0.266 e. The molecular weight excluding hydrogens is 605 g/mol. The number of amides is 1. The minimum Gasteiger partial charge on any atom is -0.331 e. The van der Waals surface area contributed by atoms with Crippen molar-refractivity contribution >= 4 is 85.8 Å². The van der Waals surface area contributed by atoms with E-state index in [4.69, 9.17) is 23.8 Å². The van der Waals surface area contributed by atoms with Gasteiger partial charge in [-0.2, -0.15) is 0 Å². The number of aromatic nitrogens is 2. The Morgan fingerprint density at radius 1 is 1.06 bits per heavy atom. The number of thiocarbonyl (C=S) groups is 1. The van der Waals surface area contributed by atoms with Crippen LogP contribution in [-0.4, -0.2) is 26.3 Å². The molecule has 11 heteroatoms. The summed E-state index contributed by atoms with van der Waals surface area (Å²) in [7, 11) is 0. The lowest BCUT2D eigenvalue weighted by molar-refractivity contribution is -0.119. The van der Waals surface area contributed by atoms with Crippen LogP contribution in [0.3, 0.4) is 0 Å². The second-order valence-corrected chi connectivity index (χ2v) is 9.99. The lowest BCUT2D eigenvalue weighted by Crippen LogP contribution is -2.44. The third-order valence-corrected chi connectivity index (χ3v) is 6.63. The molecule has 1 heterocycles. The van der Waals surface area contributed by atoms with E-state index in [2.05, 4.69) is 43.7 Å². The van der Waals surface area contributed by atoms with E-state index >= 15 is 0 Å². The maximum atomic E-state index is 13.4. The van der Waals surface area contributed by atoms with E-state index in [-0.39, 0.29) is 22.3 Å². The van der Waals surface area contributed by atoms with Crippen LogP contribution in [-0.2, 0) is 4.79 Å². The molecule has 0 saturated heterocycles. The van der Waals surface area contributed by atoms with E-state index < -0.39 is 0 Å². The number of carbonyl (C=O) groups is 1. The fraction of sp³-hybridized carbons (Fsp3) is 0.0435. The van der Waals surface area contributed by atoms with Crippen molar-refractivity contribution in [3.05, 3.63) is 91.7 Å². The first-order valence-electron chi connectivity index (χ1n) is 9.92. The maximum Gasteiger partial charge on any atom is 0.266 e. The zero-order chi connectivity index (χ0) is 24.1. The van der Waals surface area contributed by atoms with Crippen molar-refractivity contribution in [2.75, 3.05) is 11.1 Å². The Morgan fingerprint density at radius 2 is 1.79 bits per heavy atom. The molecule has 1 amide bonds. The molecule has 3 N–H and O–H groups in total. The monoisotopic (exact) mass is 621 g/mol. The van der Waals surface area contributed by atoms with Crippen molar-refractivity contribution in [2.24, 2.45) is 0 Å². The van der Waals surface area contributed by atoms with E-state index in [1.165, 1.54) is 4.57 Å². The Hall–Kier alpha value is -2.67. The molecule has 4 aromatic rings. The largest absolute Gasteiger partial charge is 0.331 e. The maximum absolute atomic E-state index is 13.4. The molecule has 0 unspecified atom stereocenters. The summed E-state index contributed by atoms with van der Waals surface area (Å²) in [4.78, 5) is 30.4. The average Bonchev–Trinajstić information content (AvgIpc) is 2.83. The third kappa shape index (κ3) is 6.06. The van der Waals surface area contributed by atoms with E-state index in [9.17, 15) is 9.59 Å². The predicted octanol–water partition coefficient (Wildman–Crippen LogP) is 4.75. The SMILES string of the molecule is O=C(CSc1nc2ccc(I)cc2c(=O)n1-c1ccc(Cl)cc1)NNC(=S)Nc1ccccc1. The van der Waals surface area contributed by atoms with Crippen molar-refractivity contribution in [3.63, 3.8) is 0 Å². The highest BCUT2D eigenvalue weighted by Gasteiger charge is 2.15. The normalized spacial score (nSPS) is 10.6. The summed E-state index contributed by atoms with van der Waals surface area (Å²) in [6.45, 7) is 0. The molecule has 7 nitrogen and oxygen atoms in total. The molecule has 0 aliphatic rings. The molecule has 0 fully saturated rings. The van der Waals surface area contributed by atoms with E-state index in [0.29, 0.717) is 26.8 Å². The molecule has 0 aliphatic carbocycles. The first kappa shape index (κ1) is 24.5. The number of nitrogens with one attached hydrogen (secondary N) is 3. The number of fused-ring (bicyclic) bond motifs is 1. The molecule has 0 saturated carbocycles. The molecule has 0 atom stereocenters. The summed E-state index contributed by atoms with van der Waals surface area (Å²) < 4.78 is 2.42. The number of halogens is 2. The highest BCUT2D eigenvalue weighted by Crippen LogP contribution is 2.23. The van der Waals surface area contributed by atoms with Crippen molar-refractivity contribution in [3.8, 4) is 5.69 Å². The number of nitrogens with zero attached hydrogens (tertiary/aromatic N) is 2. The van der Waals surface area contributed by atoms with Crippen molar-refractivity contribution < 1.29 is 4.79 Å². The van der Waals surface area contributed by atoms with Gasteiger partial charge in [0.1, 0.15) is 0 Å². The molecule has 3 aromatic carbocycles. The first-order chi connectivity index (χ1) is 16.4. The number of hydrazine groups is 1. The van der Waals surface area contributed by atoms with Crippen LogP contribution in [0.2, 0.25) is 5.02 Å². The number of anilines is 1. The predicted molar refractivity (Wildman–Crippen MR) is 150 cm³/mol. The van der Waals surface area contributed by atoms with Gasteiger partial charge in [0.15, 0.2) is 10.3 Å². The van der Waals surface area contributed by atoms with Gasteiger partial charge in [-0.15, -0.1) is 0 Å². The van der Waals surface area contributed by atoms with Gasteiger partial charge in [0.2, 0.25) is 5.91 Å². The van der Waals surface area contributed by atoms with Gasteiger partial charge in [-0.3, -0.25) is 25.0 Å². The average molecular weight is 622 g/mol. The number of hydrogen-bond acceptors (Lipinski definition) is 5. The minimum absolute atomic E-state index is 0.0108. The fourth-order valence-corrected chi connectivity index (χ4v) is 4.63. The highest BCUT2D eigenvalue weighted by molar-refractivity contribution is 14.1. The zero-order valence-corrected chi connectivity index (χ0v) is 22.0. The number of para-hydroxylation sites is 1. The van der Waals surface area contributed by atoms with Gasteiger partial charge in [-0.25, -0.2) is 4.98 Å². The Kier molecular flexibility index (Phi) is 8.03. The van der Waals surface area contributed by atoms with Crippen molar-refractivity contribution in [1.82, 2.24) is 20.4 Å². The van der Waals surface area contributed by atoms with Gasteiger partial charge < -0.3 is 5.32 Å². The van der Waals surface area contributed by atoms with Gasteiger partial charge >= 0.3 is 0 Å². The second-order valence-electron chi connectivity index (χ2n) is 6.95. The summed E-state index contributed by atoms with van der Waals surface area (Å²) in [6.07, 6.45) is 0. The van der Waals surface area contributed by atoms with E-state index in [1.54, 1.807) is 36.4 Å². The van der Waals surface area contributed by atoms with Crippen molar-refractivity contribution in [1.29, 1.82) is 0 Å². The third-order valence-electron chi connectivity index (χ3n) is 4.56. The Balaban J connectivity index is 1.51. The van der Waals surface area contributed by atoms with Crippen LogP contribution in [0.15, 0.2) is 82.7 Å². The molecule has 0 bridgehead atoms. The van der Waals surface area contributed by atoms with Gasteiger partial charge in [-0.1, -0.05) is 41.6 Å². The molecule has 172 valence electrons. The topological polar surface area (TPSA) is 88.0 Å². The van der Waals surface area contributed by atoms with Gasteiger partial charge in [-0.05, 0) is 89.4 Å². The standard InChI is InChI=1S/C23H17ClIN5O2S2/c24-14-6-9-17(10-7-14)30-21(32)18-12-15(25)8-11-19(18)27-23(30)34-13-20(31)28-29-22(33)26-16-4-2-1-3-5-16/h1-12H,13H2,(H,28,31)(H2,26,29,33). The molecule has 1 aromatic heterocycles. The molecule has 0 spiro atoms. The van der Waals surface area contributed by atoms with Crippen LogP contribution in [0.4, 0.5) is 5.69 Å². The summed E-state index contributed by atoms with van der Waals surface area (Å²) in [5, 5.41) is 4.66. The molecular formula is C23H17ClIN5O2S2. The van der Waals surface area contributed by atoms with Crippen LogP contribution in [0.5, 0.6) is 0 Å². The highest BCUT2D eigenvalue weighted by atomic mass is 127. The quantitative estimate of drug-likeness (QED) is 0.0975. The van der Waals surface area contributed by atoms with Crippen LogP contribution < -0.4 is 21.7 Å². The number of thioether (sulfide) groups is 1. The zero-order valence-electron chi connectivity index (χ0n) is 17.4. The molecule has 4 rings (SSSR count). The Morgan fingerprint density at radius 3 is 2.53 bits per heavy atom. The number of rotatable bonds is 5. The van der Waals surface area contributed by atoms with Gasteiger partial charge in [0.05, 0.1) is 22.3 Å². The van der Waals surface area contributed by atoms with Crippen LogP contribution >= 0.6 is 58.2 Å². The second kappa shape index (κ2) is 11.2. The fourth-order valence-electron chi connectivity index (χ4n) is 3.03. The molecule has 0 radical (unpaired) electrons. The van der Waals surface area contributed by atoms with Gasteiger partial charge in [0.25, 0.3) is 5.56 Å². The number of benzene rings is 3. The lowest BCUT2D eigenvalue weighted by Gasteiger charge is -2.14. The number of hydrogen-bond donors (Lipinski definition) is 3. The summed E-state index contributed by atoms with van der Waals surface area (Å²) in [5.74, 6) is -0.321. The first-order valence-corrected chi connectivity index (χ1v) is 12.8. The summed E-state index contributed by atoms with van der Waals surface area (Å²) in [5.41, 5.74) is 6.96. The van der Waals surface area contributed by atoms with Gasteiger partial charge in [0, 0.05) is 14.3 Å². The van der Waals surface area contributed by atoms with E-state index in [0.717, 1.165) is 21.0 Å². The Labute approximate surface area is 223 Å². The van der Waals surface area contributed by atoms with Crippen molar-refractivity contribution in [2.45, 2.75) is 5.16 Å².